The molecule has 0 aliphatic rings. The number of fused-ring (bicyclic) bond motifs is 3. The highest BCUT2D eigenvalue weighted by Crippen LogP contribution is 2.39. The smallest absolute Gasteiger partial charge is 0.212 e. The van der Waals surface area contributed by atoms with Gasteiger partial charge in [0.05, 0.1) is 6.57 Å². The molecule has 0 saturated carbocycles. The van der Waals surface area contributed by atoms with E-state index in [0.29, 0.717) is 5.69 Å². The van der Waals surface area contributed by atoms with E-state index in [1.807, 2.05) is 44.4 Å². The van der Waals surface area contributed by atoms with Crippen molar-refractivity contribution in [2.24, 2.45) is 7.05 Å². The first-order valence-electron chi connectivity index (χ1n) is 7.89. The van der Waals surface area contributed by atoms with Gasteiger partial charge in [0, 0.05) is 28.5 Å². The number of benzene rings is 2. The van der Waals surface area contributed by atoms with E-state index in [2.05, 4.69) is 34.5 Å². The third-order valence-corrected chi connectivity index (χ3v) is 4.59. The molecule has 0 spiro atoms. The molecule has 24 heavy (non-hydrogen) atoms. The highest BCUT2D eigenvalue weighted by atomic mass is 16.3. The average molecular weight is 313 g/mol. The average Bonchev–Trinajstić information content (AvgIpc) is 2.94. The van der Waals surface area contributed by atoms with Crippen molar-refractivity contribution in [2.45, 2.75) is 13.8 Å². The largest absolute Gasteiger partial charge is 0.457 e. The van der Waals surface area contributed by atoms with E-state index in [1.54, 1.807) is 0 Å². The molecule has 0 amide bonds. The quantitative estimate of drug-likeness (QED) is 0.347. The van der Waals surface area contributed by atoms with E-state index in [1.165, 1.54) is 0 Å². The number of pyridine rings is 1. The summed E-state index contributed by atoms with van der Waals surface area (Å²) in [6.45, 7) is 11.6. The number of rotatable bonds is 1. The Morgan fingerprint density at radius 2 is 1.88 bits per heavy atom. The Hall–Kier alpha value is -3.12. The van der Waals surface area contributed by atoms with E-state index in [0.717, 1.165) is 44.3 Å². The molecule has 0 saturated heterocycles. The first-order valence-corrected chi connectivity index (χ1v) is 7.89. The van der Waals surface area contributed by atoms with Crippen LogP contribution in [0.1, 0.15) is 11.1 Å². The van der Waals surface area contributed by atoms with Gasteiger partial charge >= 0.3 is 0 Å². The van der Waals surface area contributed by atoms with Gasteiger partial charge in [-0.3, -0.25) is 0 Å². The van der Waals surface area contributed by atoms with Gasteiger partial charge in [0.25, 0.3) is 0 Å². The molecule has 3 nitrogen and oxygen atoms in total. The zero-order chi connectivity index (χ0) is 16.8. The molecule has 0 radical (unpaired) electrons. The van der Waals surface area contributed by atoms with Crippen molar-refractivity contribution in [3.05, 3.63) is 71.2 Å². The molecule has 116 valence electrons. The topological polar surface area (TPSA) is 21.4 Å². The van der Waals surface area contributed by atoms with E-state index in [4.69, 9.17) is 11.0 Å². The first-order chi connectivity index (χ1) is 11.6. The number of hydrogen-bond donors (Lipinski definition) is 0. The molecule has 4 aromatic rings. The fraction of sp³-hybridized carbons (Fsp3) is 0.143. The van der Waals surface area contributed by atoms with Crippen molar-refractivity contribution in [2.75, 3.05) is 0 Å². The monoisotopic (exact) mass is 313 g/mol. The van der Waals surface area contributed by atoms with Gasteiger partial charge in [0.15, 0.2) is 11.9 Å². The molecule has 0 aliphatic heterocycles. The number of aryl methyl sites for hydroxylation is 3. The summed E-state index contributed by atoms with van der Waals surface area (Å²) in [4.78, 5) is 3.69. The van der Waals surface area contributed by atoms with Crippen molar-refractivity contribution in [3.8, 4) is 11.3 Å². The number of nitrogens with zero attached hydrogens (tertiary/aromatic N) is 2. The predicted molar refractivity (Wildman–Crippen MR) is 96.1 cm³/mol. The Kier molecular flexibility index (Phi) is 3.14. The number of furan rings is 1. The lowest BCUT2D eigenvalue weighted by Gasteiger charge is -2.04. The van der Waals surface area contributed by atoms with Crippen LogP contribution in [-0.4, -0.2) is 0 Å². The predicted octanol–water partition coefficient (Wildman–Crippen LogP) is 5.25. The van der Waals surface area contributed by atoms with Crippen molar-refractivity contribution in [3.63, 3.8) is 0 Å². The minimum absolute atomic E-state index is 0.640. The van der Waals surface area contributed by atoms with Crippen LogP contribution in [0.2, 0.25) is 0 Å². The van der Waals surface area contributed by atoms with Crippen LogP contribution in [0.25, 0.3) is 38.0 Å². The second-order valence-corrected chi connectivity index (χ2v) is 6.18. The maximum atomic E-state index is 7.48. The third-order valence-electron chi connectivity index (χ3n) is 4.59. The lowest BCUT2D eigenvalue weighted by Crippen LogP contribution is -2.30. The summed E-state index contributed by atoms with van der Waals surface area (Å²) < 4.78 is 8.19. The van der Waals surface area contributed by atoms with Gasteiger partial charge < -0.3 is 4.42 Å². The van der Waals surface area contributed by atoms with Crippen LogP contribution < -0.4 is 4.57 Å². The molecule has 2 heterocycles. The lowest BCUT2D eigenvalue weighted by atomic mass is 10.00. The molecule has 0 aliphatic carbocycles. The third kappa shape index (κ3) is 2.00. The molecule has 0 N–H and O–H groups in total. The lowest BCUT2D eigenvalue weighted by molar-refractivity contribution is -0.660. The van der Waals surface area contributed by atoms with Crippen LogP contribution >= 0.6 is 0 Å². The Morgan fingerprint density at radius 3 is 2.62 bits per heavy atom. The summed E-state index contributed by atoms with van der Waals surface area (Å²) in [5.74, 6) is 0. The van der Waals surface area contributed by atoms with Gasteiger partial charge in [-0.15, -0.1) is 0 Å². The van der Waals surface area contributed by atoms with Gasteiger partial charge in [-0.05, 0) is 43.2 Å². The van der Waals surface area contributed by atoms with Crippen molar-refractivity contribution >= 4 is 27.6 Å². The van der Waals surface area contributed by atoms with Gasteiger partial charge in [-0.1, -0.05) is 12.1 Å². The maximum absolute atomic E-state index is 7.48. The van der Waals surface area contributed by atoms with Crippen LogP contribution in [0.5, 0.6) is 0 Å². The minimum Gasteiger partial charge on any atom is -0.457 e. The zero-order valence-electron chi connectivity index (χ0n) is 13.9. The highest BCUT2D eigenvalue weighted by Gasteiger charge is 2.18. The highest BCUT2D eigenvalue weighted by molar-refractivity contribution is 6.13. The Bertz CT molecular complexity index is 1150. The summed E-state index contributed by atoms with van der Waals surface area (Å²) in [6, 6.07) is 14.2. The van der Waals surface area contributed by atoms with Crippen LogP contribution in [0.3, 0.4) is 0 Å². The fourth-order valence-electron chi connectivity index (χ4n) is 3.31. The van der Waals surface area contributed by atoms with Crippen molar-refractivity contribution in [1.82, 2.24) is 0 Å². The van der Waals surface area contributed by atoms with Crippen LogP contribution in [0.4, 0.5) is 5.69 Å². The summed E-state index contributed by atoms with van der Waals surface area (Å²) in [7, 11) is 2.04. The summed E-state index contributed by atoms with van der Waals surface area (Å²) in [5.41, 5.74) is 6.80. The van der Waals surface area contributed by atoms with Gasteiger partial charge in [-0.2, -0.15) is 0 Å². The minimum atomic E-state index is 0.640. The zero-order valence-corrected chi connectivity index (χ0v) is 13.9. The summed E-state index contributed by atoms with van der Waals surface area (Å²) in [5, 5.41) is 1.92. The Labute approximate surface area is 140 Å². The van der Waals surface area contributed by atoms with Crippen molar-refractivity contribution < 1.29 is 8.98 Å². The SMILES string of the molecule is [C-]#[N+]c1ccc(C)c2oc3cc(C)c(-c4cccc[n+]4C)cc3c12. The van der Waals surface area contributed by atoms with Gasteiger partial charge in [-0.25, -0.2) is 9.41 Å². The van der Waals surface area contributed by atoms with Crippen molar-refractivity contribution in [1.29, 1.82) is 0 Å². The molecule has 0 atom stereocenters. The Morgan fingerprint density at radius 1 is 1.04 bits per heavy atom. The normalized spacial score (nSPS) is 11.1. The second-order valence-electron chi connectivity index (χ2n) is 6.18. The van der Waals surface area contributed by atoms with Crippen LogP contribution in [0, 0.1) is 20.4 Å². The van der Waals surface area contributed by atoms with E-state index >= 15 is 0 Å². The van der Waals surface area contributed by atoms with E-state index < -0.39 is 0 Å². The van der Waals surface area contributed by atoms with Gasteiger partial charge in [0.2, 0.25) is 5.69 Å². The molecular weight excluding hydrogens is 296 g/mol. The van der Waals surface area contributed by atoms with E-state index in [-0.39, 0.29) is 0 Å². The molecule has 0 fully saturated rings. The summed E-state index contributed by atoms with van der Waals surface area (Å²) >= 11 is 0. The molecular formula is C21H17N2O+. The molecule has 4 rings (SSSR count). The Balaban J connectivity index is 2.15. The fourth-order valence-corrected chi connectivity index (χ4v) is 3.31. The molecule has 2 aromatic heterocycles. The second kappa shape index (κ2) is 5.21. The molecule has 0 unspecified atom stereocenters. The summed E-state index contributed by atoms with van der Waals surface area (Å²) in [6.07, 6.45) is 2.04. The number of aromatic nitrogens is 1. The molecule has 2 aromatic carbocycles. The van der Waals surface area contributed by atoms with Gasteiger partial charge in [0.1, 0.15) is 18.2 Å². The molecule has 3 heteroatoms. The van der Waals surface area contributed by atoms with Crippen LogP contribution in [0.15, 0.2) is 53.1 Å². The number of hydrogen-bond acceptors (Lipinski definition) is 1. The molecule has 0 bridgehead atoms. The maximum Gasteiger partial charge on any atom is 0.212 e. The first kappa shape index (κ1) is 14.5. The van der Waals surface area contributed by atoms with E-state index in [9.17, 15) is 0 Å². The van der Waals surface area contributed by atoms with Crippen LogP contribution in [-0.2, 0) is 7.05 Å². The standard InChI is InChI=1S/C21H17N2O/c1-13-8-9-17(22-3)20-16-12-15(18-7-5-6-10-23(18)4)14(2)11-19(16)24-21(13)20/h5-12H,1-2,4H3/q+1.